The van der Waals surface area contributed by atoms with E-state index in [1.54, 1.807) is 0 Å². The highest BCUT2D eigenvalue weighted by Gasteiger charge is 2.49. The summed E-state index contributed by atoms with van der Waals surface area (Å²) in [5.41, 5.74) is 1.89. The third-order valence-corrected chi connectivity index (χ3v) is 4.27. The van der Waals surface area contributed by atoms with Gasteiger partial charge in [-0.25, -0.2) is 0 Å². The standard InChI is InChI=1S/C16H20N2O2/c1-11-6-2-3-7-14(11)17-15(19)12-10-13(12)16(20)18-8-4-5-9-18/h2-3,6-7,12-13H,4-5,8-10H2,1H3,(H,17,19). The van der Waals surface area contributed by atoms with E-state index in [1.165, 1.54) is 0 Å². The van der Waals surface area contributed by atoms with E-state index < -0.39 is 0 Å². The van der Waals surface area contributed by atoms with E-state index >= 15 is 0 Å². The fraction of sp³-hybridized carbons (Fsp3) is 0.500. The van der Waals surface area contributed by atoms with Crippen LogP contribution in [0.4, 0.5) is 5.69 Å². The molecular weight excluding hydrogens is 252 g/mol. The lowest BCUT2D eigenvalue weighted by atomic mass is 10.2. The highest BCUT2D eigenvalue weighted by atomic mass is 16.2. The van der Waals surface area contributed by atoms with Gasteiger partial charge in [-0.2, -0.15) is 0 Å². The second-order valence-corrected chi connectivity index (χ2v) is 5.79. The molecule has 1 aromatic carbocycles. The zero-order valence-electron chi connectivity index (χ0n) is 11.8. The number of benzene rings is 1. The van der Waals surface area contributed by atoms with Crippen molar-refractivity contribution < 1.29 is 9.59 Å². The van der Waals surface area contributed by atoms with Gasteiger partial charge >= 0.3 is 0 Å². The van der Waals surface area contributed by atoms with Crippen LogP contribution in [-0.2, 0) is 9.59 Å². The van der Waals surface area contributed by atoms with Crippen LogP contribution in [-0.4, -0.2) is 29.8 Å². The molecule has 1 N–H and O–H groups in total. The molecule has 106 valence electrons. The van der Waals surface area contributed by atoms with Crippen molar-refractivity contribution in [2.75, 3.05) is 18.4 Å². The van der Waals surface area contributed by atoms with E-state index in [2.05, 4.69) is 5.32 Å². The molecule has 0 radical (unpaired) electrons. The van der Waals surface area contributed by atoms with Crippen LogP contribution in [0, 0.1) is 18.8 Å². The number of rotatable bonds is 3. The summed E-state index contributed by atoms with van der Waals surface area (Å²) in [5, 5.41) is 2.94. The molecule has 1 aliphatic carbocycles. The van der Waals surface area contributed by atoms with Gasteiger partial charge in [-0.15, -0.1) is 0 Å². The smallest absolute Gasteiger partial charge is 0.228 e. The number of nitrogens with one attached hydrogen (secondary N) is 1. The maximum Gasteiger partial charge on any atom is 0.228 e. The Morgan fingerprint density at radius 2 is 1.85 bits per heavy atom. The normalized spacial score (nSPS) is 24.6. The second kappa shape index (κ2) is 5.27. The SMILES string of the molecule is Cc1ccccc1NC(=O)C1CC1C(=O)N1CCCC1. The lowest BCUT2D eigenvalue weighted by Gasteiger charge is -2.15. The van der Waals surface area contributed by atoms with E-state index in [0.29, 0.717) is 6.42 Å². The topological polar surface area (TPSA) is 49.4 Å². The molecule has 4 heteroatoms. The predicted molar refractivity (Wildman–Crippen MR) is 77.2 cm³/mol. The maximum atomic E-state index is 12.2. The first-order valence-electron chi connectivity index (χ1n) is 7.32. The molecule has 2 atom stereocenters. The van der Waals surface area contributed by atoms with Gasteiger partial charge in [-0.1, -0.05) is 18.2 Å². The van der Waals surface area contributed by atoms with Gasteiger partial charge in [0.2, 0.25) is 11.8 Å². The Hall–Kier alpha value is -1.84. The van der Waals surface area contributed by atoms with Gasteiger partial charge < -0.3 is 10.2 Å². The van der Waals surface area contributed by atoms with E-state index in [4.69, 9.17) is 0 Å². The van der Waals surface area contributed by atoms with E-state index in [1.807, 2.05) is 36.1 Å². The van der Waals surface area contributed by atoms with Gasteiger partial charge in [0.25, 0.3) is 0 Å². The Labute approximate surface area is 119 Å². The summed E-state index contributed by atoms with van der Waals surface area (Å²) >= 11 is 0. The Morgan fingerprint density at radius 3 is 2.55 bits per heavy atom. The lowest BCUT2D eigenvalue weighted by Crippen LogP contribution is -2.30. The summed E-state index contributed by atoms with van der Waals surface area (Å²) in [5.74, 6) is -0.0656. The van der Waals surface area contributed by atoms with Crippen LogP contribution < -0.4 is 5.32 Å². The first kappa shape index (κ1) is 13.2. The summed E-state index contributed by atoms with van der Waals surface area (Å²) < 4.78 is 0. The van der Waals surface area contributed by atoms with Crippen molar-refractivity contribution in [3.8, 4) is 0 Å². The van der Waals surface area contributed by atoms with E-state index in [0.717, 1.165) is 37.2 Å². The van der Waals surface area contributed by atoms with Crippen LogP contribution in [0.25, 0.3) is 0 Å². The molecule has 0 aromatic heterocycles. The Bertz CT molecular complexity index is 535. The number of hydrogen-bond donors (Lipinski definition) is 1. The third-order valence-electron chi connectivity index (χ3n) is 4.27. The van der Waals surface area contributed by atoms with Crippen LogP contribution in [0.2, 0.25) is 0 Å². The number of carbonyl (C=O) groups excluding carboxylic acids is 2. The number of aryl methyl sites for hydroxylation is 1. The van der Waals surface area contributed by atoms with Crippen LogP contribution in [0.15, 0.2) is 24.3 Å². The summed E-state index contributed by atoms with van der Waals surface area (Å²) in [4.78, 5) is 26.3. The van der Waals surface area contributed by atoms with Gasteiger partial charge in [-0.3, -0.25) is 9.59 Å². The number of nitrogens with zero attached hydrogens (tertiary/aromatic N) is 1. The Balaban J connectivity index is 1.57. The quantitative estimate of drug-likeness (QED) is 0.917. The molecule has 1 saturated carbocycles. The maximum absolute atomic E-state index is 12.2. The zero-order valence-corrected chi connectivity index (χ0v) is 11.8. The van der Waals surface area contributed by atoms with Gasteiger partial charge in [0.15, 0.2) is 0 Å². The van der Waals surface area contributed by atoms with Crippen molar-refractivity contribution in [1.82, 2.24) is 4.90 Å². The minimum atomic E-state index is -0.136. The monoisotopic (exact) mass is 272 g/mol. The number of carbonyl (C=O) groups is 2. The van der Waals surface area contributed by atoms with Gasteiger partial charge in [0.1, 0.15) is 0 Å². The molecule has 4 nitrogen and oxygen atoms in total. The molecule has 0 bridgehead atoms. The van der Waals surface area contributed by atoms with Crippen molar-refractivity contribution in [3.05, 3.63) is 29.8 Å². The first-order chi connectivity index (χ1) is 9.66. The fourth-order valence-electron chi connectivity index (χ4n) is 2.87. The van der Waals surface area contributed by atoms with Crippen molar-refractivity contribution in [1.29, 1.82) is 0 Å². The van der Waals surface area contributed by atoms with Crippen LogP contribution in [0.5, 0.6) is 0 Å². The summed E-state index contributed by atoms with van der Waals surface area (Å²) in [6, 6.07) is 7.71. The first-order valence-corrected chi connectivity index (χ1v) is 7.32. The highest BCUT2D eigenvalue weighted by Crippen LogP contribution is 2.41. The Kier molecular flexibility index (Phi) is 3.47. The van der Waals surface area contributed by atoms with Crippen LogP contribution in [0.1, 0.15) is 24.8 Å². The molecule has 2 aliphatic rings. The van der Waals surface area contributed by atoms with Gasteiger partial charge in [0.05, 0.1) is 11.8 Å². The van der Waals surface area contributed by atoms with Gasteiger partial charge in [-0.05, 0) is 37.8 Å². The average Bonchev–Trinajstić information content (AvgIpc) is 3.06. The van der Waals surface area contributed by atoms with Crippen molar-refractivity contribution in [3.63, 3.8) is 0 Å². The lowest BCUT2D eigenvalue weighted by molar-refractivity contribution is -0.133. The summed E-state index contributed by atoms with van der Waals surface area (Å²) in [6.45, 7) is 3.69. The fourth-order valence-corrected chi connectivity index (χ4v) is 2.87. The minimum absolute atomic E-state index is 0.0168. The van der Waals surface area contributed by atoms with Gasteiger partial charge in [0, 0.05) is 18.8 Å². The van der Waals surface area contributed by atoms with E-state index in [-0.39, 0.29) is 23.7 Å². The molecule has 1 saturated heterocycles. The molecule has 2 fully saturated rings. The molecule has 2 amide bonds. The molecule has 3 rings (SSSR count). The molecule has 2 unspecified atom stereocenters. The number of likely N-dealkylation sites (tertiary alicyclic amines) is 1. The highest BCUT2D eigenvalue weighted by molar-refractivity contribution is 5.99. The summed E-state index contributed by atoms with van der Waals surface area (Å²) in [7, 11) is 0. The third kappa shape index (κ3) is 2.55. The average molecular weight is 272 g/mol. The largest absolute Gasteiger partial charge is 0.342 e. The number of amides is 2. The number of para-hydroxylation sites is 1. The number of hydrogen-bond acceptors (Lipinski definition) is 2. The van der Waals surface area contributed by atoms with Crippen LogP contribution >= 0.6 is 0 Å². The molecular formula is C16H20N2O2. The Morgan fingerprint density at radius 1 is 1.15 bits per heavy atom. The summed E-state index contributed by atoms with van der Waals surface area (Å²) in [6.07, 6.45) is 2.89. The molecule has 1 heterocycles. The van der Waals surface area contributed by atoms with Crippen LogP contribution in [0.3, 0.4) is 0 Å². The van der Waals surface area contributed by atoms with Crippen molar-refractivity contribution >= 4 is 17.5 Å². The molecule has 1 aliphatic heterocycles. The van der Waals surface area contributed by atoms with Crippen molar-refractivity contribution in [2.24, 2.45) is 11.8 Å². The molecule has 1 aromatic rings. The van der Waals surface area contributed by atoms with Crippen molar-refractivity contribution in [2.45, 2.75) is 26.2 Å². The molecule has 20 heavy (non-hydrogen) atoms. The minimum Gasteiger partial charge on any atom is -0.342 e. The second-order valence-electron chi connectivity index (χ2n) is 5.79. The van der Waals surface area contributed by atoms with E-state index in [9.17, 15) is 9.59 Å². The zero-order chi connectivity index (χ0) is 14.1. The number of anilines is 1. The predicted octanol–water partition coefficient (Wildman–Crippen LogP) is 2.19. The molecule has 0 spiro atoms.